The number of hydrogen-bond donors (Lipinski definition) is 2. The number of alkyl halides is 3. The number of benzene rings is 3. The van der Waals surface area contributed by atoms with E-state index in [1.165, 1.54) is 24.3 Å². The Labute approximate surface area is 231 Å². The SMILES string of the molecule is CS(=O)(=O)N(CC(=O)Nc1ccc(S(=O)(=O)Nc2cccc(C(F)(F)F)c2)cc1)c1cc(Cl)c(Cl)cc1Cl. The van der Waals surface area contributed by atoms with E-state index in [1.54, 1.807) is 0 Å². The van der Waals surface area contributed by atoms with E-state index >= 15 is 0 Å². The van der Waals surface area contributed by atoms with Gasteiger partial charge in [-0.15, -0.1) is 0 Å². The number of nitrogens with one attached hydrogen (secondary N) is 2. The summed E-state index contributed by atoms with van der Waals surface area (Å²) in [5.41, 5.74) is -1.29. The second-order valence-electron chi connectivity index (χ2n) is 7.74. The molecular formula is C22H17Cl3F3N3O5S2. The molecule has 1 amide bonds. The minimum absolute atomic E-state index is 0.00988. The van der Waals surface area contributed by atoms with Crippen molar-refractivity contribution >= 4 is 77.8 Å². The van der Waals surface area contributed by atoms with Gasteiger partial charge in [0, 0.05) is 11.4 Å². The van der Waals surface area contributed by atoms with Crippen LogP contribution < -0.4 is 14.3 Å². The number of hydrogen-bond acceptors (Lipinski definition) is 5. The van der Waals surface area contributed by atoms with E-state index in [-0.39, 0.29) is 37.0 Å². The number of rotatable bonds is 8. The molecule has 3 aromatic rings. The third-order valence-corrected chi connectivity index (χ3v) is 8.39. The quantitative estimate of drug-likeness (QED) is 0.302. The summed E-state index contributed by atoms with van der Waals surface area (Å²) in [7, 11) is -8.26. The van der Waals surface area contributed by atoms with Crippen LogP contribution in [0.3, 0.4) is 0 Å². The molecule has 3 aromatic carbocycles. The summed E-state index contributed by atoms with van der Waals surface area (Å²) < 4.78 is 91.3. The molecule has 2 N–H and O–H groups in total. The summed E-state index contributed by atoms with van der Waals surface area (Å²) in [5.74, 6) is -0.796. The molecule has 0 saturated carbocycles. The maximum absolute atomic E-state index is 12.9. The van der Waals surface area contributed by atoms with E-state index in [1.807, 2.05) is 0 Å². The van der Waals surface area contributed by atoms with Crippen LogP contribution in [0.4, 0.5) is 30.2 Å². The molecule has 0 fully saturated rings. The van der Waals surface area contributed by atoms with E-state index in [2.05, 4.69) is 10.0 Å². The lowest BCUT2D eigenvalue weighted by atomic mass is 10.2. The topological polar surface area (TPSA) is 113 Å². The minimum Gasteiger partial charge on any atom is -0.325 e. The Morgan fingerprint density at radius 1 is 0.868 bits per heavy atom. The Hall–Kier alpha value is -2.71. The zero-order valence-electron chi connectivity index (χ0n) is 19.1. The van der Waals surface area contributed by atoms with Crippen molar-refractivity contribution in [2.45, 2.75) is 11.1 Å². The lowest BCUT2D eigenvalue weighted by molar-refractivity contribution is -0.137. The smallest absolute Gasteiger partial charge is 0.325 e. The van der Waals surface area contributed by atoms with Crippen LogP contribution in [0.1, 0.15) is 5.56 Å². The third kappa shape index (κ3) is 7.44. The molecule has 16 heteroatoms. The Morgan fingerprint density at radius 3 is 2.05 bits per heavy atom. The molecule has 204 valence electrons. The monoisotopic (exact) mass is 629 g/mol. The molecule has 0 saturated heterocycles. The average molecular weight is 631 g/mol. The summed E-state index contributed by atoms with van der Waals surface area (Å²) >= 11 is 17.9. The van der Waals surface area contributed by atoms with Gasteiger partial charge in [0.05, 0.1) is 37.5 Å². The molecule has 3 rings (SSSR count). The van der Waals surface area contributed by atoms with Crippen LogP contribution in [0.15, 0.2) is 65.6 Å². The van der Waals surface area contributed by atoms with Crippen LogP contribution >= 0.6 is 34.8 Å². The first-order valence-corrected chi connectivity index (χ1v) is 14.7. The van der Waals surface area contributed by atoms with Gasteiger partial charge in [0.2, 0.25) is 15.9 Å². The molecule has 0 atom stereocenters. The predicted octanol–water partition coefficient (Wildman–Crippen LogP) is 5.87. The van der Waals surface area contributed by atoms with Crippen LogP contribution in [0.25, 0.3) is 0 Å². The maximum atomic E-state index is 12.9. The van der Waals surface area contributed by atoms with Gasteiger partial charge >= 0.3 is 6.18 Å². The number of sulfonamides is 2. The van der Waals surface area contributed by atoms with E-state index < -0.39 is 44.2 Å². The molecule has 0 aromatic heterocycles. The molecule has 0 heterocycles. The van der Waals surface area contributed by atoms with Crippen LogP contribution in [-0.4, -0.2) is 35.5 Å². The number of halogens is 6. The Bertz CT molecular complexity index is 1580. The number of amides is 1. The summed E-state index contributed by atoms with van der Waals surface area (Å²) in [4.78, 5) is 12.3. The van der Waals surface area contributed by atoms with Gasteiger partial charge in [-0.1, -0.05) is 40.9 Å². The van der Waals surface area contributed by atoms with Gasteiger partial charge in [0.25, 0.3) is 10.0 Å². The van der Waals surface area contributed by atoms with E-state index in [0.717, 1.165) is 36.6 Å². The van der Waals surface area contributed by atoms with Crippen molar-refractivity contribution in [3.8, 4) is 0 Å². The van der Waals surface area contributed by atoms with Crippen molar-refractivity contribution in [3.05, 3.63) is 81.3 Å². The standard InChI is InChI=1S/C22H17Cl3F3N3O5S2/c1-37(33,34)31(20-11-18(24)17(23)10-19(20)25)12-21(32)29-14-5-7-16(8-6-14)38(35,36)30-15-4-2-3-13(9-15)22(26,27)28/h2-11,30H,12H2,1H3,(H,29,32). The fraction of sp³-hybridized carbons (Fsp3) is 0.136. The van der Waals surface area contributed by atoms with Crippen LogP contribution in [0.2, 0.25) is 15.1 Å². The second-order valence-corrected chi connectivity index (χ2v) is 12.6. The van der Waals surface area contributed by atoms with E-state index in [0.29, 0.717) is 10.4 Å². The van der Waals surface area contributed by atoms with Crippen LogP contribution in [-0.2, 0) is 31.0 Å². The lowest BCUT2D eigenvalue weighted by Crippen LogP contribution is -2.37. The molecule has 0 aliphatic rings. The summed E-state index contributed by atoms with van der Waals surface area (Å²) in [5, 5.41) is 2.45. The number of anilines is 3. The number of nitrogens with zero attached hydrogens (tertiary/aromatic N) is 1. The molecule has 0 aliphatic carbocycles. The zero-order valence-corrected chi connectivity index (χ0v) is 23.0. The van der Waals surface area contributed by atoms with Gasteiger partial charge in [-0.3, -0.25) is 13.8 Å². The summed E-state index contributed by atoms with van der Waals surface area (Å²) in [6, 6.07) is 10.7. The van der Waals surface area contributed by atoms with Gasteiger partial charge in [-0.05, 0) is 54.6 Å². The van der Waals surface area contributed by atoms with Crippen LogP contribution in [0.5, 0.6) is 0 Å². The first kappa shape index (κ1) is 29.8. The van der Waals surface area contributed by atoms with Crippen molar-refractivity contribution in [1.29, 1.82) is 0 Å². The first-order valence-electron chi connectivity index (χ1n) is 10.2. The predicted molar refractivity (Wildman–Crippen MR) is 141 cm³/mol. The third-order valence-electron chi connectivity index (χ3n) is 4.84. The van der Waals surface area contributed by atoms with E-state index in [4.69, 9.17) is 34.8 Å². The Balaban J connectivity index is 1.75. The Morgan fingerprint density at radius 2 is 1.47 bits per heavy atom. The molecular weight excluding hydrogens is 614 g/mol. The van der Waals surface area contributed by atoms with Crippen molar-refractivity contribution in [2.75, 3.05) is 27.1 Å². The average Bonchev–Trinajstić information content (AvgIpc) is 2.79. The normalized spacial score (nSPS) is 12.2. The molecule has 0 spiro atoms. The lowest BCUT2D eigenvalue weighted by Gasteiger charge is -2.23. The van der Waals surface area contributed by atoms with E-state index in [9.17, 15) is 34.8 Å². The van der Waals surface area contributed by atoms with Gasteiger partial charge in [0.15, 0.2) is 0 Å². The summed E-state index contributed by atoms with van der Waals surface area (Å²) in [6.07, 6.45) is -3.80. The highest BCUT2D eigenvalue weighted by molar-refractivity contribution is 7.92. The Kier molecular flexibility index (Phi) is 8.78. The fourth-order valence-corrected chi connectivity index (χ4v) is 5.71. The largest absolute Gasteiger partial charge is 0.416 e. The van der Waals surface area contributed by atoms with Gasteiger partial charge in [0.1, 0.15) is 6.54 Å². The maximum Gasteiger partial charge on any atom is 0.416 e. The molecule has 0 aliphatic heterocycles. The van der Waals surface area contributed by atoms with Crippen molar-refractivity contribution in [1.82, 2.24) is 0 Å². The van der Waals surface area contributed by atoms with Gasteiger partial charge in [-0.25, -0.2) is 16.8 Å². The highest BCUT2D eigenvalue weighted by Gasteiger charge is 2.31. The first-order chi connectivity index (χ1) is 17.5. The summed E-state index contributed by atoms with van der Waals surface area (Å²) in [6.45, 7) is -0.701. The zero-order chi connectivity index (χ0) is 28.5. The van der Waals surface area contributed by atoms with Crippen molar-refractivity contribution in [3.63, 3.8) is 0 Å². The molecule has 0 unspecified atom stereocenters. The molecule has 38 heavy (non-hydrogen) atoms. The molecule has 0 radical (unpaired) electrons. The van der Waals surface area contributed by atoms with Gasteiger partial charge in [-0.2, -0.15) is 13.2 Å². The van der Waals surface area contributed by atoms with Crippen LogP contribution in [0, 0.1) is 0 Å². The fourth-order valence-electron chi connectivity index (χ4n) is 3.11. The molecule has 0 bridgehead atoms. The second kappa shape index (κ2) is 11.2. The number of carbonyl (C=O) groups is 1. The highest BCUT2D eigenvalue weighted by Crippen LogP contribution is 2.35. The number of carbonyl (C=O) groups excluding carboxylic acids is 1. The molecule has 8 nitrogen and oxygen atoms in total. The minimum atomic E-state index is -4.65. The highest BCUT2D eigenvalue weighted by atomic mass is 35.5. The van der Waals surface area contributed by atoms with Crippen molar-refractivity contribution in [2.24, 2.45) is 0 Å². The van der Waals surface area contributed by atoms with Crippen molar-refractivity contribution < 1.29 is 34.8 Å². The van der Waals surface area contributed by atoms with Gasteiger partial charge < -0.3 is 5.32 Å².